The standard InChI is InChI=1S/C11H19NS/c12-9-11(7-3-4-8-11)13-10-5-1-2-6-10/h3-4,10H,1-2,5-9,12H2. The second-order valence-electron chi connectivity index (χ2n) is 4.29. The van der Waals surface area contributed by atoms with E-state index in [1.54, 1.807) is 0 Å². The van der Waals surface area contributed by atoms with E-state index in [4.69, 9.17) is 5.73 Å². The zero-order valence-electron chi connectivity index (χ0n) is 8.17. The SMILES string of the molecule is NCC1(SC2CCCC2)CC=CC1. The van der Waals surface area contributed by atoms with Crippen molar-refractivity contribution in [2.45, 2.75) is 48.5 Å². The van der Waals surface area contributed by atoms with Crippen molar-refractivity contribution < 1.29 is 0 Å². The predicted octanol–water partition coefficient (Wildman–Crippen LogP) is 2.71. The molecule has 0 aromatic heterocycles. The maximum atomic E-state index is 5.89. The highest BCUT2D eigenvalue weighted by Crippen LogP contribution is 2.43. The van der Waals surface area contributed by atoms with Crippen LogP contribution in [-0.2, 0) is 0 Å². The summed E-state index contributed by atoms with van der Waals surface area (Å²) in [5.74, 6) is 0. The van der Waals surface area contributed by atoms with E-state index >= 15 is 0 Å². The minimum absolute atomic E-state index is 0.384. The van der Waals surface area contributed by atoms with Gasteiger partial charge in [0.1, 0.15) is 0 Å². The topological polar surface area (TPSA) is 26.0 Å². The smallest absolute Gasteiger partial charge is 0.0353 e. The predicted molar refractivity (Wildman–Crippen MR) is 60.0 cm³/mol. The Kier molecular flexibility index (Phi) is 2.99. The molecule has 1 nitrogen and oxygen atoms in total. The summed E-state index contributed by atoms with van der Waals surface area (Å²) in [4.78, 5) is 0. The van der Waals surface area contributed by atoms with Crippen molar-refractivity contribution in [2.24, 2.45) is 5.73 Å². The van der Waals surface area contributed by atoms with Crippen LogP contribution >= 0.6 is 11.8 Å². The Bertz CT molecular complexity index is 186. The van der Waals surface area contributed by atoms with Crippen molar-refractivity contribution in [3.63, 3.8) is 0 Å². The zero-order valence-corrected chi connectivity index (χ0v) is 8.98. The monoisotopic (exact) mass is 197 g/mol. The second-order valence-corrected chi connectivity index (χ2v) is 6.06. The molecule has 0 unspecified atom stereocenters. The summed E-state index contributed by atoms with van der Waals surface area (Å²) in [5.41, 5.74) is 5.89. The fourth-order valence-corrected chi connectivity index (χ4v) is 4.11. The van der Waals surface area contributed by atoms with E-state index in [9.17, 15) is 0 Å². The first-order valence-corrected chi connectivity index (χ1v) is 6.25. The molecule has 2 N–H and O–H groups in total. The molecule has 0 aliphatic heterocycles. The summed E-state index contributed by atoms with van der Waals surface area (Å²) >= 11 is 2.17. The molecule has 2 aliphatic rings. The Morgan fingerprint density at radius 3 is 2.38 bits per heavy atom. The lowest BCUT2D eigenvalue weighted by molar-refractivity contribution is 0.635. The molecule has 74 valence electrons. The van der Waals surface area contributed by atoms with Crippen LogP contribution < -0.4 is 5.73 Å². The van der Waals surface area contributed by atoms with Crippen LogP contribution in [0.4, 0.5) is 0 Å². The molecule has 0 heterocycles. The molecule has 0 saturated heterocycles. The maximum absolute atomic E-state index is 5.89. The van der Waals surface area contributed by atoms with Gasteiger partial charge in [0, 0.05) is 16.5 Å². The Labute approximate surface area is 85.2 Å². The normalized spacial score (nSPS) is 27.2. The number of nitrogens with two attached hydrogens (primary N) is 1. The second kappa shape index (κ2) is 4.05. The van der Waals surface area contributed by atoms with Gasteiger partial charge in [0.2, 0.25) is 0 Å². The third kappa shape index (κ3) is 2.10. The van der Waals surface area contributed by atoms with Crippen molar-refractivity contribution in [3.05, 3.63) is 12.2 Å². The number of hydrogen-bond acceptors (Lipinski definition) is 2. The lowest BCUT2D eigenvalue weighted by Crippen LogP contribution is -2.33. The number of thioether (sulfide) groups is 1. The Balaban J connectivity index is 1.89. The number of hydrogen-bond donors (Lipinski definition) is 1. The van der Waals surface area contributed by atoms with Gasteiger partial charge in [-0.3, -0.25) is 0 Å². The fraction of sp³-hybridized carbons (Fsp3) is 0.818. The van der Waals surface area contributed by atoms with Gasteiger partial charge in [0.25, 0.3) is 0 Å². The first-order chi connectivity index (χ1) is 6.35. The summed E-state index contributed by atoms with van der Waals surface area (Å²) in [6, 6.07) is 0. The van der Waals surface area contributed by atoms with Crippen molar-refractivity contribution in [3.8, 4) is 0 Å². The van der Waals surface area contributed by atoms with Gasteiger partial charge in [0.05, 0.1) is 0 Å². The van der Waals surface area contributed by atoms with Gasteiger partial charge in [-0.15, -0.1) is 11.8 Å². The molecule has 0 aromatic carbocycles. The van der Waals surface area contributed by atoms with Gasteiger partial charge >= 0.3 is 0 Å². The van der Waals surface area contributed by atoms with Gasteiger partial charge in [0.15, 0.2) is 0 Å². The number of rotatable bonds is 3. The molecule has 13 heavy (non-hydrogen) atoms. The molecule has 1 fully saturated rings. The van der Waals surface area contributed by atoms with Gasteiger partial charge < -0.3 is 5.73 Å². The van der Waals surface area contributed by atoms with E-state index in [0.29, 0.717) is 4.75 Å². The zero-order chi connectivity index (χ0) is 9.15. The van der Waals surface area contributed by atoms with E-state index in [0.717, 1.165) is 11.8 Å². The van der Waals surface area contributed by atoms with Gasteiger partial charge in [-0.25, -0.2) is 0 Å². The average Bonchev–Trinajstić information content (AvgIpc) is 2.77. The third-order valence-electron chi connectivity index (χ3n) is 3.24. The quantitative estimate of drug-likeness (QED) is 0.704. The van der Waals surface area contributed by atoms with Crippen molar-refractivity contribution in [2.75, 3.05) is 6.54 Å². The van der Waals surface area contributed by atoms with Crippen LogP contribution in [0.5, 0.6) is 0 Å². The molecule has 0 aromatic rings. The first-order valence-electron chi connectivity index (χ1n) is 5.38. The highest BCUT2D eigenvalue weighted by Gasteiger charge is 2.33. The molecule has 2 heteroatoms. The van der Waals surface area contributed by atoms with Gasteiger partial charge in [-0.1, -0.05) is 25.0 Å². The van der Waals surface area contributed by atoms with E-state index < -0.39 is 0 Å². The molecular weight excluding hydrogens is 178 g/mol. The molecule has 0 spiro atoms. The highest BCUT2D eigenvalue weighted by atomic mass is 32.2. The summed E-state index contributed by atoms with van der Waals surface area (Å²) in [6.07, 6.45) is 12.7. The molecule has 0 bridgehead atoms. The molecule has 0 amide bonds. The molecule has 1 saturated carbocycles. The molecular formula is C11H19NS. The third-order valence-corrected chi connectivity index (χ3v) is 5.04. The van der Waals surface area contributed by atoms with Crippen molar-refractivity contribution in [1.82, 2.24) is 0 Å². The molecule has 0 atom stereocenters. The summed E-state index contributed by atoms with van der Waals surface area (Å²) in [7, 11) is 0. The minimum atomic E-state index is 0.384. The van der Waals surface area contributed by atoms with Gasteiger partial charge in [-0.2, -0.15) is 0 Å². The van der Waals surface area contributed by atoms with Crippen LogP contribution in [0.1, 0.15) is 38.5 Å². The summed E-state index contributed by atoms with van der Waals surface area (Å²) in [6.45, 7) is 0.848. The lowest BCUT2D eigenvalue weighted by atomic mass is 10.1. The molecule has 2 rings (SSSR count). The van der Waals surface area contributed by atoms with E-state index in [2.05, 4.69) is 23.9 Å². The highest BCUT2D eigenvalue weighted by molar-refractivity contribution is 8.01. The van der Waals surface area contributed by atoms with Gasteiger partial charge in [-0.05, 0) is 25.7 Å². The van der Waals surface area contributed by atoms with Crippen LogP contribution in [0, 0.1) is 0 Å². The largest absolute Gasteiger partial charge is 0.329 e. The molecule has 2 aliphatic carbocycles. The average molecular weight is 197 g/mol. The minimum Gasteiger partial charge on any atom is -0.329 e. The van der Waals surface area contributed by atoms with Crippen molar-refractivity contribution in [1.29, 1.82) is 0 Å². The van der Waals surface area contributed by atoms with Crippen LogP contribution in [0.3, 0.4) is 0 Å². The van der Waals surface area contributed by atoms with Crippen LogP contribution in [0.15, 0.2) is 12.2 Å². The van der Waals surface area contributed by atoms with Crippen LogP contribution in [-0.4, -0.2) is 16.5 Å². The van der Waals surface area contributed by atoms with Crippen molar-refractivity contribution >= 4 is 11.8 Å². The molecule has 0 radical (unpaired) electrons. The summed E-state index contributed by atoms with van der Waals surface area (Å²) in [5, 5.41) is 0.906. The van der Waals surface area contributed by atoms with E-state index in [-0.39, 0.29) is 0 Å². The van der Waals surface area contributed by atoms with Crippen LogP contribution in [0.25, 0.3) is 0 Å². The lowest BCUT2D eigenvalue weighted by Gasteiger charge is -2.29. The van der Waals surface area contributed by atoms with E-state index in [1.165, 1.54) is 38.5 Å². The summed E-state index contributed by atoms with van der Waals surface area (Å²) < 4.78 is 0.384. The Morgan fingerprint density at radius 2 is 1.85 bits per heavy atom. The Morgan fingerprint density at radius 1 is 1.23 bits per heavy atom. The maximum Gasteiger partial charge on any atom is 0.0353 e. The Hall–Kier alpha value is 0.0500. The number of allylic oxidation sites excluding steroid dienone is 2. The van der Waals surface area contributed by atoms with Crippen LogP contribution in [0.2, 0.25) is 0 Å². The fourth-order valence-electron chi connectivity index (χ4n) is 2.35. The van der Waals surface area contributed by atoms with E-state index in [1.807, 2.05) is 0 Å². The first kappa shape index (κ1) is 9.60.